The molecule has 0 radical (unpaired) electrons. The topological polar surface area (TPSA) is 64.3 Å². The Balaban J connectivity index is 1.68. The molecule has 0 aromatic heterocycles. The molecular weight excluding hydrogens is 312 g/mol. The Kier molecular flexibility index (Phi) is 7.48. The van der Waals surface area contributed by atoms with E-state index in [4.69, 9.17) is 10.5 Å². The molecule has 0 spiro atoms. The van der Waals surface area contributed by atoms with Gasteiger partial charge in [0.05, 0.1) is 12.6 Å². The van der Waals surface area contributed by atoms with Crippen molar-refractivity contribution in [2.24, 2.45) is 5.73 Å². The molecule has 4 nitrogen and oxygen atoms in total. The highest BCUT2D eigenvalue weighted by molar-refractivity contribution is 5.79. The second-order valence-electron chi connectivity index (χ2n) is 6.45. The molecular formula is C21H28N2O2. The number of carbonyl (C=O) groups excluding carboxylic acids is 1. The van der Waals surface area contributed by atoms with E-state index in [1.54, 1.807) is 6.92 Å². The van der Waals surface area contributed by atoms with Gasteiger partial charge in [0.15, 0.2) is 0 Å². The second-order valence-corrected chi connectivity index (χ2v) is 6.45. The Bertz CT molecular complexity index is 641. The Morgan fingerprint density at radius 2 is 1.76 bits per heavy atom. The molecule has 2 rings (SSSR count). The van der Waals surface area contributed by atoms with Crippen LogP contribution in [0.5, 0.6) is 5.75 Å². The van der Waals surface area contributed by atoms with Gasteiger partial charge in [-0.25, -0.2) is 0 Å². The summed E-state index contributed by atoms with van der Waals surface area (Å²) in [6, 6.07) is 18.2. The summed E-state index contributed by atoms with van der Waals surface area (Å²) in [5, 5.41) is 3.08. The third-order valence-corrected chi connectivity index (χ3v) is 4.38. The van der Waals surface area contributed by atoms with Crippen LogP contribution in [0.25, 0.3) is 0 Å². The first-order chi connectivity index (χ1) is 12.1. The van der Waals surface area contributed by atoms with Crippen LogP contribution < -0.4 is 15.8 Å². The second kappa shape index (κ2) is 9.84. The molecule has 0 bridgehead atoms. The predicted molar refractivity (Wildman–Crippen MR) is 102 cm³/mol. The lowest BCUT2D eigenvalue weighted by molar-refractivity contribution is -0.119. The van der Waals surface area contributed by atoms with Gasteiger partial charge in [0, 0.05) is 6.54 Å². The summed E-state index contributed by atoms with van der Waals surface area (Å²) < 4.78 is 5.82. The SMILES string of the molecule is CC(NCc1ccc(OCCCC(C)c2ccccc2)cc1)C(N)=O. The maximum absolute atomic E-state index is 11.0. The van der Waals surface area contributed by atoms with E-state index in [0.29, 0.717) is 19.1 Å². The fourth-order valence-electron chi connectivity index (χ4n) is 2.60. The van der Waals surface area contributed by atoms with Crippen LogP contribution in [0.1, 0.15) is 43.7 Å². The van der Waals surface area contributed by atoms with E-state index in [9.17, 15) is 4.79 Å². The molecule has 0 heterocycles. The van der Waals surface area contributed by atoms with Crippen molar-refractivity contribution in [1.82, 2.24) is 5.32 Å². The highest BCUT2D eigenvalue weighted by Crippen LogP contribution is 2.20. The summed E-state index contributed by atoms with van der Waals surface area (Å²) in [4.78, 5) is 11.0. The van der Waals surface area contributed by atoms with Gasteiger partial charge in [-0.1, -0.05) is 49.4 Å². The van der Waals surface area contributed by atoms with Crippen molar-refractivity contribution in [1.29, 1.82) is 0 Å². The number of hydrogen-bond acceptors (Lipinski definition) is 3. The molecule has 3 N–H and O–H groups in total. The number of carbonyl (C=O) groups is 1. The largest absolute Gasteiger partial charge is 0.494 e. The third kappa shape index (κ3) is 6.59. The van der Waals surface area contributed by atoms with Crippen LogP contribution in [-0.4, -0.2) is 18.6 Å². The molecule has 4 heteroatoms. The van der Waals surface area contributed by atoms with E-state index >= 15 is 0 Å². The molecule has 2 aromatic rings. The monoisotopic (exact) mass is 340 g/mol. The minimum atomic E-state index is -0.343. The van der Waals surface area contributed by atoms with Gasteiger partial charge in [0.2, 0.25) is 5.91 Å². The van der Waals surface area contributed by atoms with Gasteiger partial charge < -0.3 is 15.8 Å². The molecule has 0 aliphatic rings. The fourth-order valence-corrected chi connectivity index (χ4v) is 2.60. The number of benzene rings is 2. The highest BCUT2D eigenvalue weighted by atomic mass is 16.5. The zero-order chi connectivity index (χ0) is 18.1. The van der Waals surface area contributed by atoms with Crippen molar-refractivity contribution in [3.8, 4) is 5.75 Å². The predicted octanol–water partition coefficient (Wildman–Crippen LogP) is 3.61. The summed E-state index contributed by atoms with van der Waals surface area (Å²) in [5.41, 5.74) is 7.70. The van der Waals surface area contributed by atoms with Gasteiger partial charge in [-0.3, -0.25) is 4.79 Å². The van der Waals surface area contributed by atoms with E-state index in [1.165, 1.54) is 5.56 Å². The third-order valence-electron chi connectivity index (χ3n) is 4.38. The fraction of sp³-hybridized carbons (Fsp3) is 0.381. The minimum Gasteiger partial charge on any atom is -0.494 e. The number of ether oxygens (including phenoxy) is 1. The van der Waals surface area contributed by atoms with E-state index in [1.807, 2.05) is 30.3 Å². The lowest BCUT2D eigenvalue weighted by Gasteiger charge is -2.13. The summed E-state index contributed by atoms with van der Waals surface area (Å²) in [5.74, 6) is 1.08. The van der Waals surface area contributed by atoms with Gasteiger partial charge >= 0.3 is 0 Å². The van der Waals surface area contributed by atoms with Crippen molar-refractivity contribution < 1.29 is 9.53 Å². The first-order valence-corrected chi connectivity index (χ1v) is 8.85. The summed E-state index contributed by atoms with van der Waals surface area (Å²) in [7, 11) is 0. The number of hydrogen-bond donors (Lipinski definition) is 2. The molecule has 25 heavy (non-hydrogen) atoms. The number of nitrogens with one attached hydrogen (secondary N) is 1. The molecule has 1 amide bonds. The number of amides is 1. The average molecular weight is 340 g/mol. The van der Waals surface area contributed by atoms with Crippen LogP contribution in [-0.2, 0) is 11.3 Å². The van der Waals surface area contributed by atoms with E-state index in [-0.39, 0.29) is 11.9 Å². The molecule has 0 saturated heterocycles. The summed E-state index contributed by atoms with van der Waals surface area (Å²) in [6.07, 6.45) is 2.13. The quantitative estimate of drug-likeness (QED) is 0.649. The maximum Gasteiger partial charge on any atom is 0.234 e. The molecule has 0 aliphatic heterocycles. The normalized spacial score (nSPS) is 13.2. The number of rotatable bonds is 10. The standard InChI is InChI=1S/C21H28N2O2/c1-16(19-8-4-3-5-9-19)7-6-14-25-20-12-10-18(11-13-20)15-23-17(2)21(22)24/h3-5,8-13,16-17,23H,6-7,14-15H2,1-2H3,(H2,22,24). The lowest BCUT2D eigenvalue weighted by atomic mass is 9.97. The zero-order valence-corrected chi connectivity index (χ0v) is 15.1. The Morgan fingerprint density at radius 3 is 2.40 bits per heavy atom. The van der Waals surface area contributed by atoms with Gasteiger partial charge in [0.1, 0.15) is 5.75 Å². The van der Waals surface area contributed by atoms with Crippen LogP contribution in [0.15, 0.2) is 54.6 Å². The summed E-state index contributed by atoms with van der Waals surface area (Å²) in [6.45, 7) is 5.34. The Labute approximate surface area is 150 Å². The number of nitrogens with two attached hydrogens (primary N) is 1. The van der Waals surface area contributed by atoms with Crippen molar-refractivity contribution in [3.63, 3.8) is 0 Å². The van der Waals surface area contributed by atoms with Crippen LogP contribution >= 0.6 is 0 Å². The lowest BCUT2D eigenvalue weighted by Crippen LogP contribution is -2.38. The Morgan fingerprint density at radius 1 is 1.08 bits per heavy atom. The van der Waals surface area contributed by atoms with E-state index < -0.39 is 0 Å². The van der Waals surface area contributed by atoms with E-state index in [0.717, 1.165) is 24.2 Å². The van der Waals surface area contributed by atoms with E-state index in [2.05, 4.69) is 36.5 Å². The first-order valence-electron chi connectivity index (χ1n) is 8.85. The smallest absolute Gasteiger partial charge is 0.234 e. The molecule has 0 fully saturated rings. The van der Waals surface area contributed by atoms with Crippen LogP contribution in [0.3, 0.4) is 0 Å². The van der Waals surface area contributed by atoms with Crippen molar-refractivity contribution in [2.75, 3.05) is 6.61 Å². The average Bonchev–Trinajstić information content (AvgIpc) is 2.64. The van der Waals surface area contributed by atoms with Crippen molar-refractivity contribution in [2.45, 2.75) is 45.2 Å². The summed E-state index contributed by atoms with van der Waals surface area (Å²) >= 11 is 0. The highest BCUT2D eigenvalue weighted by Gasteiger charge is 2.07. The van der Waals surface area contributed by atoms with Crippen LogP contribution in [0.2, 0.25) is 0 Å². The molecule has 2 atom stereocenters. The number of primary amides is 1. The first kappa shape index (κ1) is 19.0. The van der Waals surface area contributed by atoms with Crippen molar-refractivity contribution in [3.05, 3.63) is 65.7 Å². The van der Waals surface area contributed by atoms with Gasteiger partial charge in [-0.05, 0) is 48.9 Å². The molecule has 2 aromatic carbocycles. The van der Waals surface area contributed by atoms with Gasteiger partial charge in [-0.2, -0.15) is 0 Å². The molecule has 0 aliphatic carbocycles. The Hall–Kier alpha value is -2.33. The molecule has 2 unspecified atom stereocenters. The molecule has 0 saturated carbocycles. The van der Waals surface area contributed by atoms with Crippen LogP contribution in [0.4, 0.5) is 0 Å². The van der Waals surface area contributed by atoms with Gasteiger partial charge in [-0.15, -0.1) is 0 Å². The van der Waals surface area contributed by atoms with Gasteiger partial charge in [0.25, 0.3) is 0 Å². The van der Waals surface area contributed by atoms with Crippen molar-refractivity contribution >= 4 is 5.91 Å². The maximum atomic E-state index is 11.0. The molecule has 134 valence electrons. The minimum absolute atomic E-state index is 0.331. The zero-order valence-electron chi connectivity index (χ0n) is 15.1. The van der Waals surface area contributed by atoms with Crippen LogP contribution in [0, 0.1) is 0 Å².